The Morgan fingerprint density at radius 3 is 1.58 bits per heavy atom. The van der Waals surface area contributed by atoms with Crippen LogP contribution in [-0.4, -0.2) is 11.7 Å². The topological polar surface area (TPSA) is 99.7 Å². The fourth-order valence-electron chi connectivity index (χ4n) is 1.75. The van der Waals surface area contributed by atoms with Gasteiger partial charge in [0.2, 0.25) is 0 Å². The summed E-state index contributed by atoms with van der Waals surface area (Å²) in [6.07, 6.45) is 3.03. The standard InChI is InChI=1S/C13H16N4S2/c14-12(15)10-6-4-8(18-10)2-1-3-9-5-7-11(19-9)13(16)17/h4-7H,1-3H2,(H3,14,15)(H3,16,17). The number of nitrogens with two attached hydrogens (primary N) is 2. The van der Waals surface area contributed by atoms with E-state index in [2.05, 4.69) is 0 Å². The van der Waals surface area contributed by atoms with E-state index in [9.17, 15) is 0 Å². The summed E-state index contributed by atoms with van der Waals surface area (Å²) in [5.41, 5.74) is 10.9. The minimum atomic E-state index is 0.139. The first kappa shape index (κ1) is 13.8. The predicted molar refractivity (Wildman–Crippen MR) is 82.7 cm³/mol. The summed E-state index contributed by atoms with van der Waals surface area (Å²) in [4.78, 5) is 4.19. The molecule has 2 rings (SSSR count). The molecule has 0 aliphatic heterocycles. The number of aryl methyl sites for hydroxylation is 2. The van der Waals surface area contributed by atoms with Gasteiger partial charge in [0.15, 0.2) is 0 Å². The van der Waals surface area contributed by atoms with Gasteiger partial charge < -0.3 is 11.5 Å². The van der Waals surface area contributed by atoms with Gasteiger partial charge in [0.05, 0.1) is 9.75 Å². The lowest BCUT2D eigenvalue weighted by atomic mass is 10.2. The van der Waals surface area contributed by atoms with E-state index in [1.165, 1.54) is 9.75 Å². The molecule has 0 bridgehead atoms. The summed E-state index contributed by atoms with van der Waals surface area (Å²) >= 11 is 3.17. The van der Waals surface area contributed by atoms with E-state index in [1.807, 2.05) is 24.3 Å². The van der Waals surface area contributed by atoms with Gasteiger partial charge in [-0.2, -0.15) is 0 Å². The van der Waals surface area contributed by atoms with E-state index >= 15 is 0 Å². The molecule has 0 radical (unpaired) electrons. The molecule has 4 nitrogen and oxygen atoms in total. The monoisotopic (exact) mass is 292 g/mol. The largest absolute Gasteiger partial charge is 0.383 e. The molecule has 0 saturated heterocycles. The van der Waals surface area contributed by atoms with Gasteiger partial charge in [0, 0.05) is 9.75 Å². The third-order valence-electron chi connectivity index (χ3n) is 2.70. The Morgan fingerprint density at radius 1 is 0.842 bits per heavy atom. The number of thiophene rings is 2. The maximum atomic E-state index is 7.36. The second-order valence-electron chi connectivity index (χ2n) is 4.21. The van der Waals surface area contributed by atoms with Crippen molar-refractivity contribution in [1.82, 2.24) is 0 Å². The second-order valence-corrected chi connectivity index (χ2v) is 6.55. The molecule has 2 aromatic rings. The number of amidine groups is 2. The van der Waals surface area contributed by atoms with E-state index in [1.54, 1.807) is 22.7 Å². The number of nitrogen functional groups attached to an aromatic ring is 2. The van der Waals surface area contributed by atoms with Gasteiger partial charge in [-0.1, -0.05) is 0 Å². The van der Waals surface area contributed by atoms with Gasteiger partial charge in [-0.05, 0) is 43.5 Å². The van der Waals surface area contributed by atoms with Crippen LogP contribution in [0.4, 0.5) is 0 Å². The summed E-state index contributed by atoms with van der Waals surface area (Å²) in [5.74, 6) is 0.279. The Bertz CT molecular complexity index is 545. The molecule has 2 aromatic heterocycles. The molecule has 0 amide bonds. The predicted octanol–water partition coefficient (Wildman–Crippen LogP) is 2.55. The van der Waals surface area contributed by atoms with Crippen LogP contribution < -0.4 is 11.5 Å². The van der Waals surface area contributed by atoms with Crippen LogP contribution in [0.5, 0.6) is 0 Å². The molecule has 100 valence electrons. The highest BCUT2D eigenvalue weighted by atomic mass is 32.1. The molecule has 0 aliphatic rings. The van der Waals surface area contributed by atoms with Crippen molar-refractivity contribution >= 4 is 34.3 Å². The third kappa shape index (κ3) is 3.65. The minimum Gasteiger partial charge on any atom is -0.383 e. The van der Waals surface area contributed by atoms with Crippen LogP contribution >= 0.6 is 22.7 Å². The normalized spacial score (nSPS) is 10.5. The van der Waals surface area contributed by atoms with Crippen LogP contribution in [0.1, 0.15) is 25.9 Å². The van der Waals surface area contributed by atoms with E-state index < -0.39 is 0 Å². The van der Waals surface area contributed by atoms with Gasteiger partial charge in [-0.25, -0.2) is 0 Å². The van der Waals surface area contributed by atoms with Crippen molar-refractivity contribution in [3.8, 4) is 0 Å². The Labute approximate surface area is 120 Å². The first-order valence-corrected chi connectivity index (χ1v) is 7.56. The fourth-order valence-corrected chi connectivity index (χ4v) is 3.57. The van der Waals surface area contributed by atoms with Crippen LogP contribution in [0.15, 0.2) is 24.3 Å². The van der Waals surface area contributed by atoms with Crippen LogP contribution in [0.2, 0.25) is 0 Å². The van der Waals surface area contributed by atoms with Crippen molar-refractivity contribution in [3.63, 3.8) is 0 Å². The molecule has 0 atom stereocenters. The number of nitrogens with one attached hydrogen (secondary N) is 2. The van der Waals surface area contributed by atoms with Gasteiger partial charge in [0.25, 0.3) is 0 Å². The number of rotatable bonds is 6. The first-order valence-electron chi connectivity index (χ1n) is 5.92. The highest BCUT2D eigenvalue weighted by molar-refractivity contribution is 7.14. The van der Waals surface area contributed by atoms with Crippen molar-refractivity contribution in [2.24, 2.45) is 11.5 Å². The van der Waals surface area contributed by atoms with Gasteiger partial charge >= 0.3 is 0 Å². The van der Waals surface area contributed by atoms with Crippen LogP contribution in [0.25, 0.3) is 0 Å². The third-order valence-corrected chi connectivity index (χ3v) is 5.06. The van der Waals surface area contributed by atoms with Crippen LogP contribution in [-0.2, 0) is 12.8 Å². The zero-order valence-corrected chi connectivity index (χ0v) is 12.0. The van der Waals surface area contributed by atoms with E-state index in [0.29, 0.717) is 0 Å². The fraction of sp³-hybridized carbons (Fsp3) is 0.231. The zero-order valence-electron chi connectivity index (χ0n) is 10.4. The van der Waals surface area contributed by atoms with Crippen molar-refractivity contribution in [1.29, 1.82) is 10.8 Å². The Morgan fingerprint density at radius 2 is 1.26 bits per heavy atom. The van der Waals surface area contributed by atoms with Crippen molar-refractivity contribution in [3.05, 3.63) is 43.8 Å². The molecule has 0 aliphatic carbocycles. The van der Waals surface area contributed by atoms with E-state index in [0.717, 1.165) is 29.0 Å². The lowest BCUT2D eigenvalue weighted by Gasteiger charge is -1.97. The van der Waals surface area contributed by atoms with E-state index in [-0.39, 0.29) is 11.7 Å². The first-order chi connectivity index (χ1) is 9.06. The molecule has 0 spiro atoms. The quantitative estimate of drug-likeness (QED) is 0.486. The van der Waals surface area contributed by atoms with Gasteiger partial charge in [-0.15, -0.1) is 22.7 Å². The molecular weight excluding hydrogens is 276 g/mol. The summed E-state index contributed by atoms with van der Waals surface area (Å²) in [6.45, 7) is 0. The van der Waals surface area contributed by atoms with Gasteiger partial charge in [0.1, 0.15) is 11.7 Å². The average Bonchev–Trinajstić information content (AvgIpc) is 2.97. The van der Waals surface area contributed by atoms with Crippen LogP contribution in [0.3, 0.4) is 0 Å². The lowest BCUT2D eigenvalue weighted by molar-refractivity contribution is 0.842. The van der Waals surface area contributed by atoms with Gasteiger partial charge in [-0.3, -0.25) is 10.8 Å². The summed E-state index contributed by atoms with van der Waals surface area (Å²) < 4.78 is 0. The number of hydrogen-bond acceptors (Lipinski definition) is 4. The molecule has 0 unspecified atom stereocenters. The van der Waals surface area contributed by atoms with Crippen molar-refractivity contribution < 1.29 is 0 Å². The molecule has 0 saturated carbocycles. The summed E-state index contributed by atoms with van der Waals surface area (Å²) in [5, 5.41) is 14.7. The summed E-state index contributed by atoms with van der Waals surface area (Å²) in [6, 6.07) is 7.89. The van der Waals surface area contributed by atoms with Crippen molar-refractivity contribution in [2.45, 2.75) is 19.3 Å². The maximum Gasteiger partial charge on any atom is 0.133 e. The Kier molecular flexibility index (Phi) is 4.34. The highest BCUT2D eigenvalue weighted by Crippen LogP contribution is 2.21. The Balaban J connectivity index is 1.85. The Hall–Kier alpha value is -1.66. The van der Waals surface area contributed by atoms with Crippen LogP contribution in [0, 0.1) is 10.8 Å². The highest BCUT2D eigenvalue weighted by Gasteiger charge is 2.05. The molecule has 0 fully saturated rings. The lowest BCUT2D eigenvalue weighted by Crippen LogP contribution is -2.08. The maximum absolute atomic E-state index is 7.36. The second kappa shape index (κ2) is 5.99. The average molecular weight is 292 g/mol. The van der Waals surface area contributed by atoms with Crippen molar-refractivity contribution in [2.75, 3.05) is 0 Å². The molecular formula is C13H16N4S2. The smallest absolute Gasteiger partial charge is 0.133 e. The molecule has 2 heterocycles. The SMILES string of the molecule is N=C(N)c1ccc(CCCc2ccc(C(=N)N)s2)s1. The number of hydrogen-bond donors (Lipinski definition) is 4. The molecule has 6 N–H and O–H groups in total. The molecule has 6 heteroatoms. The minimum absolute atomic E-state index is 0.139. The van der Waals surface area contributed by atoms with E-state index in [4.69, 9.17) is 22.3 Å². The summed E-state index contributed by atoms with van der Waals surface area (Å²) in [7, 11) is 0. The molecule has 19 heavy (non-hydrogen) atoms. The molecule has 0 aromatic carbocycles. The zero-order chi connectivity index (χ0) is 13.8.